The van der Waals surface area contributed by atoms with Crippen LogP contribution in [0.3, 0.4) is 0 Å². The van der Waals surface area contributed by atoms with Crippen molar-refractivity contribution in [3.8, 4) is 0 Å². The fourth-order valence-corrected chi connectivity index (χ4v) is 6.17. The SMILES string of the molecule is CCC(=O)CC(COC(=O)CC)CSCC(NC(=O)CC)C(=O)NC(CO)C(=O)NCNC(=O)C(C)NC(=O)C(NC(C)=O)[CH](C)[Rb]. The molecule has 0 aromatic carbocycles. The molecule has 7 N–H and O–H groups in total. The number of hydrogen-bond donors (Lipinski definition) is 7. The van der Waals surface area contributed by atoms with Crippen LogP contribution in [0.1, 0.15) is 67.2 Å². The zero-order chi connectivity index (χ0) is 36.1. The number of nitrogens with one attached hydrogen (secondary N) is 6. The molecular formula is C29H49N6O10RbS. The fourth-order valence-electron chi connectivity index (χ4n) is 3.86. The maximum atomic E-state index is 13.1. The molecule has 0 aliphatic carbocycles. The number of amides is 6. The predicted molar refractivity (Wildman–Crippen MR) is 175 cm³/mol. The molecule has 0 saturated heterocycles. The molecule has 0 spiro atoms. The van der Waals surface area contributed by atoms with Crippen molar-refractivity contribution >= 4 is 114 Å². The van der Waals surface area contributed by atoms with Crippen molar-refractivity contribution in [2.45, 2.75) is 90.4 Å². The van der Waals surface area contributed by atoms with Gasteiger partial charge in [0.2, 0.25) is 11.8 Å². The van der Waals surface area contributed by atoms with Gasteiger partial charge in [-0.3, -0.25) is 19.2 Å². The van der Waals surface area contributed by atoms with Gasteiger partial charge in [0.25, 0.3) is 0 Å². The van der Waals surface area contributed by atoms with Gasteiger partial charge >= 0.3 is 182 Å². The summed E-state index contributed by atoms with van der Waals surface area (Å²) >= 11 is 1.31. The molecule has 6 atom stereocenters. The number of rotatable bonds is 23. The monoisotopic (exact) mass is 758 g/mol. The number of carbonyl (C=O) groups excluding carboxylic acids is 8. The number of esters is 1. The summed E-state index contributed by atoms with van der Waals surface area (Å²) in [6, 6.07) is -4.25. The number of Topliss-reactive ketones (excluding diaryl/α,β-unsaturated/α-hetero) is 1. The van der Waals surface area contributed by atoms with E-state index < -0.39 is 66.3 Å². The number of ether oxygens (including phenoxy) is 1. The number of hydrogen-bond acceptors (Lipinski definition) is 11. The first-order valence-electron chi connectivity index (χ1n) is 15.7. The van der Waals surface area contributed by atoms with Crippen LogP contribution in [0.5, 0.6) is 0 Å². The zero-order valence-corrected chi connectivity index (χ0v) is 34.1. The normalized spacial score (nSPS) is 14.6. The molecule has 6 unspecified atom stereocenters. The summed E-state index contributed by atoms with van der Waals surface area (Å²) in [6.07, 6.45) is 0.790. The summed E-state index contributed by atoms with van der Waals surface area (Å²) in [7, 11) is 0. The molecule has 0 aromatic heterocycles. The Morgan fingerprint density at radius 1 is 0.766 bits per heavy atom. The van der Waals surface area contributed by atoms with Crippen molar-refractivity contribution in [1.29, 1.82) is 0 Å². The summed E-state index contributed by atoms with van der Waals surface area (Å²) in [4.78, 5) is 98.0. The second-order valence-corrected chi connectivity index (χ2v) is 16.7. The first-order valence-corrected chi connectivity index (χ1v) is 19.7. The molecule has 0 fully saturated rings. The Morgan fingerprint density at radius 2 is 1.40 bits per heavy atom. The number of thioether (sulfide) groups is 1. The second kappa shape index (κ2) is 25.1. The summed E-state index contributed by atoms with van der Waals surface area (Å²) in [6.45, 7) is 8.42. The van der Waals surface area contributed by atoms with Crippen LogP contribution in [0.4, 0.5) is 0 Å². The Hall–Kier alpha value is -1.92. The number of ketones is 1. The average molecular weight is 759 g/mol. The van der Waals surface area contributed by atoms with E-state index in [0.717, 1.165) is 0 Å². The van der Waals surface area contributed by atoms with E-state index in [1.165, 1.54) is 25.6 Å². The quantitative estimate of drug-likeness (QED) is 0.0454. The van der Waals surface area contributed by atoms with Gasteiger partial charge in [-0.25, -0.2) is 0 Å². The van der Waals surface area contributed by atoms with Crippen LogP contribution < -0.4 is 31.9 Å². The van der Waals surface area contributed by atoms with E-state index in [1.54, 1.807) is 20.8 Å². The van der Waals surface area contributed by atoms with Crippen LogP contribution in [-0.4, -0.2) is 163 Å². The standard InChI is InChI=1S/C29H49N6O10S.Rb/c1-7-20(38)11-19(13-45-25(40)10-4)14-46-15-23(34-24(39)9-3)29(44)35-22(12-36)27(42)31-16-30-26(41)17(5)32-28(43)21(8-2)33-18(6)37;/h8,17,19,21-23,36H,7,9-16H2,1-6H3,(H,30,41)(H,31,42)(H,32,43)(H,33,37)(H,34,39)(H,35,44);. The fraction of sp³-hybridized carbons (Fsp3) is 0.724. The molecule has 0 rings (SSSR count). The second-order valence-electron chi connectivity index (χ2n) is 11.2. The van der Waals surface area contributed by atoms with Gasteiger partial charge in [0.1, 0.15) is 11.8 Å². The average Bonchev–Trinajstić information content (AvgIpc) is 3.02. The molecule has 0 aromatic rings. The molecule has 18 heteroatoms. The molecule has 0 bridgehead atoms. The molecular weight excluding hydrogens is 710 g/mol. The van der Waals surface area contributed by atoms with E-state index >= 15 is 0 Å². The van der Waals surface area contributed by atoms with E-state index in [4.69, 9.17) is 4.74 Å². The molecule has 47 heavy (non-hydrogen) atoms. The number of aliphatic hydroxyl groups excluding tert-OH is 1. The van der Waals surface area contributed by atoms with Gasteiger partial charge in [0.05, 0.1) is 6.61 Å². The Labute approximate surface area is 319 Å². The van der Waals surface area contributed by atoms with Crippen LogP contribution >= 0.6 is 11.8 Å². The van der Waals surface area contributed by atoms with Crippen molar-refractivity contribution in [3.05, 3.63) is 0 Å². The molecule has 0 radical (unpaired) electrons. The van der Waals surface area contributed by atoms with E-state index in [9.17, 15) is 43.5 Å². The van der Waals surface area contributed by atoms with E-state index in [-0.39, 0.29) is 110 Å². The first-order chi connectivity index (χ1) is 22.1. The van der Waals surface area contributed by atoms with Crippen molar-refractivity contribution in [3.63, 3.8) is 0 Å². The van der Waals surface area contributed by atoms with Gasteiger partial charge < -0.3 is 15.2 Å². The van der Waals surface area contributed by atoms with Crippen LogP contribution in [0.25, 0.3) is 0 Å². The van der Waals surface area contributed by atoms with Gasteiger partial charge in [-0.15, -0.1) is 0 Å². The van der Waals surface area contributed by atoms with Crippen molar-refractivity contribution in [1.82, 2.24) is 31.9 Å². The molecule has 0 aliphatic rings. The zero-order valence-electron chi connectivity index (χ0n) is 28.4. The van der Waals surface area contributed by atoms with Gasteiger partial charge in [0, 0.05) is 37.4 Å². The van der Waals surface area contributed by atoms with Gasteiger partial charge in [-0.1, -0.05) is 20.8 Å². The Balaban J connectivity index is 5.17. The molecule has 0 saturated carbocycles. The number of aliphatic hydroxyl groups is 1. The van der Waals surface area contributed by atoms with Crippen LogP contribution in [0, 0.1) is 5.92 Å². The van der Waals surface area contributed by atoms with Crippen molar-refractivity contribution in [2.24, 2.45) is 5.92 Å². The third-order valence-electron chi connectivity index (χ3n) is 6.69. The molecule has 0 aliphatic heterocycles. The van der Waals surface area contributed by atoms with Crippen LogP contribution in [-0.2, 0) is 43.1 Å². The minimum absolute atomic E-state index is 0.00675. The third kappa shape index (κ3) is 19.6. The van der Waals surface area contributed by atoms with Crippen LogP contribution in [0.15, 0.2) is 0 Å². The molecule has 6 amide bonds. The maximum absolute atomic E-state index is 13.1. The minimum atomic E-state index is -1.42. The molecule has 16 nitrogen and oxygen atoms in total. The third-order valence-corrected chi connectivity index (χ3v) is 9.61. The van der Waals surface area contributed by atoms with Gasteiger partial charge in [0.15, 0.2) is 0 Å². The Morgan fingerprint density at radius 3 is 1.94 bits per heavy atom. The van der Waals surface area contributed by atoms with E-state index in [2.05, 4.69) is 31.9 Å². The van der Waals surface area contributed by atoms with Gasteiger partial charge in [-0.05, 0) is 5.75 Å². The van der Waals surface area contributed by atoms with Gasteiger partial charge in [-0.2, -0.15) is 11.8 Å². The topological polar surface area (TPSA) is 238 Å². The van der Waals surface area contributed by atoms with Crippen LogP contribution in [0.2, 0.25) is -1.01 Å². The summed E-state index contributed by atoms with van der Waals surface area (Å²) in [5.74, 6) is -3.76. The molecule has 0 heterocycles. The first kappa shape index (κ1) is 45.1. The van der Waals surface area contributed by atoms with Crippen molar-refractivity contribution in [2.75, 3.05) is 31.4 Å². The van der Waals surface area contributed by atoms with E-state index in [1.807, 2.05) is 6.92 Å². The summed E-state index contributed by atoms with van der Waals surface area (Å²) < 4.78 is 5.18. The molecule has 262 valence electrons. The van der Waals surface area contributed by atoms with E-state index in [0.29, 0.717) is 12.2 Å². The number of carbonyl (C=O) groups is 8. The summed E-state index contributed by atoms with van der Waals surface area (Å²) in [5, 5.41) is 24.7. The Kier molecular flexibility index (Phi) is 24.1. The van der Waals surface area contributed by atoms with Crippen molar-refractivity contribution < 1.29 is 48.2 Å². The summed E-state index contributed by atoms with van der Waals surface area (Å²) in [5.41, 5.74) is 0. The predicted octanol–water partition coefficient (Wildman–Crippen LogP) is -1.79. The Bertz CT molecular complexity index is 1100.